The van der Waals surface area contributed by atoms with E-state index in [1.165, 1.54) is 12.1 Å². The van der Waals surface area contributed by atoms with Gasteiger partial charge in [0, 0.05) is 10.2 Å². The van der Waals surface area contributed by atoms with Gasteiger partial charge in [-0.1, -0.05) is 48.0 Å². The van der Waals surface area contributed by atoms with Gasteiger partial charge in [-0.05, 0) is 48.7 Å². The Morgan fingerprint density at radius 2 is 1.76 bits per heavy atom. The number of aryl methyl sites for hydroxylation is 1. The van der Waals surface area contributed by atoms with Crippen molar-refractivity contribution in [1.29, 1.82) is 0 Å². The molecule has 2 N–H and O–H groups in total. The molecule has 0 heterocycles. The molecule has 0 saturated heterocycles. The summed E-state index contributed by atoms with van der Waals surface area (Å²) in [5.74, 6) is -1.71. The van der Waals surface area contributed by atoms with Crippen LogP contribution in [0.3, 0.4) is 0 Å². The molecular weight excluding hydrogens is 460 g/mol. The number of nitrogens with one attached hydrogen (secondary N) is 2. The molecule has 0 unspecified atom stereocenters. The Balaban J connectivity index is 1.98. The minimum atomic E-state index is -3.90. The van der Waals surface area contributed by atoms with E-state index in [2.05, 4.69) is 26.0 Å². The smallest absolute Gasteiger partial charge is 0.324 e. The maximum atomic E-state index is 12.5. The second-order valence-electron chi connectivity index (χ2n) is 6.78. The highest BCUT2D eigenvalue weighted by Crippen LogP contribution is 2.20. The number of anilines is 1. The van der Waals surface area contributed by atoms with Crippen LogP contribution in [-0.4, -0.2) is 32.9 Å². The van der Waals surface area contributed by atoms with Crippen LogP contribution in [0.5, 0.6) is 0 Å². The van der Waals surface area contributed by atoms with Gasteiger partial charge in [-0.15, -0.1) is 0 Å². The quantitative estimate of drug-likeness (QED) is 0.562. The van der Waals surface area contributed by atoms with Crippen molar-refractivity contribution in [3.8, 4) is 0 Å². The van der Waals surface area contributed by atoms with Gasteiger partial charge in [0.25, 0.3) is 5.91 Å². The van der Waals surface area contributed by atoms with Crippen molar-refractivity contribution >= 4 is 43.5 Å². The van der Waals surface area contributed by atoms with E-state index in [1.807, 2.05) is 6.92 Å². The van der Waals surface area contributed by atoms with E-state index in [-0.39, 0.29) is 10.8 Å². The van der Waals surface area contributed by atoms with Crippen molar-refractivity contribution in [3.05, 3.63) is 58.6 Å². The Labute approximate surface area is 179 Å². The molecule has 0 aliphatic carbocycles. The zero-order chi connectivity index (χ0) is 21.6. The zero-order valence-corrected chi connectivity index (χ0v) is 18.7. The van der Waals surface area contributed by atoms with Gasteiger partial charge < -0.3 is 10.1 Å². The Hall–Kier alpha value is -2.23. The van der Waals surface area contributed by atoms with Crippen LogP contribution in [-0.2, 0) is 24.3 Å². The average molecular weight is 483 g/mol. The molecule has 7 nitrogen and oxygen atoms in total. The zero-order valence-electron chi connectivity index (χ0n) is 16.3. The third-order valence-corrected chi connectivity index (χ3v) is 6.39. The highest BCUT2D eigenvalue weighted by molar-refractivity contribution is 9.10. The number of sulfonamides is 1. The summed E-state index contributed by atoms with van der Waals surface area (Å²) in [6.07, 6.45) is 0. The van der Waals surface area contributed by atoms with Gasteiger partial charge in [0.1, 0.15) is 6.04 Å². The summed E-state index contributed by atoms with van der Waals surface area (Å²) in [6, 6.07) is 11.9. The van der Waals surface area contributed by atoms with Crippen LogP contribution in [0.1, 0.15) is 19.4 Å². The monoisotopic (exact) mass is 482 g/mol. The van der Waals surface area contributed by atoms with Crippen LogP contribution < -0.4 is 10.0 Å². The summed E-state index contributed by atoms with van der Waals surface area (Å²) in [7, 11) is -3.90. The fraction of sp³-hybridized carbons (Fsp3) is 0.300. The molecule has 2 aromatic carbocycles. The standard InChI is InChI=1S/C20H23BrN2O5S/c1-13(2)19(23-29(26,27)16-7-5-4-6-8-16)20(25)28-12-18(24)22-15-9-10-17(21)14(3)11-15/h4-11,13,19,23H,12H2,1-3H3,(H,22,24)/t19-/m1/s1. The number of esters is 1. The molecule has 2 rings (SSSR count). The molecular formula is C20H23BrN2O5S. The molecule has 0 saturated carbocycles. The lowest BCUT2D eigenvalue weighted by Gasteiger charge is -2.20. The van der Waals surface area contributed by atoms with E-state index < -0.39 is 34.5 Å². The predicted octanol–water partition coefficient (Wildman–Crippen LogP) is 3.24. The second kappa shape index (κ2) is 10.00. The fourth-order valence-corrected chi connectivity index (χ4v) is 4.04. The van der Waals surface area contributed by atoms with E-state index in [0.29, 0.717) is 5.69 Å². The van der Waals surface area contributed by atoms with Crippen molar-refractivity contribution in [1.82, 2.24) is 4.72 Å². The number of rotatable bonds is 8. The molecule has 0 spiro atoms. The summed E-state index contributed by atoms with van der Waals surface area (Å²) in [5.41, 5.74) is 1.51. The van der Waals surface area contributed by atoms with Crippen LogP contribution >= 0.6 is 15.9 Å². The Bertz CT molecular complexity index is 978. The third-order valence-electron chi connectivity index (χ3n) is 4.04. The SMILES string of the molecule is Cc1cc(NC(=O)COC(=O)[C@H](NS(=O)(=O)c2ccccc2)C(C)C)ccc1Br. The number of hydrogen-bond acceptors (Lipinski definition) is 5. The van der Waals surface area contributed by atoms with Gasteiger partial charge in [0.05, 0.1) is 4.90 Å². The van der Waals surface area contributed by atoms with Crippen LogP contribution in [0, 0.1) is 12.8 Å². The molecule has 156 valence electrons. The van der Waals surface area contributed by atoms with Crippen molar-refractivity contribution in [2.45, 2.75) is 31.7 Å². The number of halogens is 1. The summed E-state index contributed by atoms with van der Waals surface area (Å²) in [5, 5.41) is 2.63. The van der Waals surface area contributed by atoms with Gasteiger partial charge in [0.15, 0.2) is 6.61 Å². The minimum Gasteiger partial charge on any atom is -0.454 e. The normalized spacial score (nSPS) is 12.4. The second-order valence-corrected chi connectivity index (χ2v) is 9.34. The van der Waals surface area contributed by atoms with E-state index in [9.17, 15) is 18.0 Å². The lowest BCUT2D eigenvalue weighted by atomic mass is 10.1. The van der Waals surface area contributed by atoms with Crippen LogP contribution in [0.4, 0.5) is 5.69 Å². The lowest BCUT2D eigenvalue weighted by molar-refractivity contribution is -0.150. The number of carbonyl (C=O) groups is 2. The van der Waals surface area contributed by atoms with Crippen molar-refractivity contribution in [2.24, 2.45) is 5.92 Å². The molecule has 0 bridgehead atoms. The number of hydrogen-bond donors (Lipinski definition) is 2. The van der Waals surface area contributed by atoms with Gasteiger partial charge >= 0.3 is 5.97 Å². The van der Waals surface area contributed by atoms with Crippen LogP contribution in [0.2, 0.25) is 0 Å². The number of carbonyl (C=O) groups excluding carboxylic acids is 2. The van der Waals surface area contributed by atoms with E-state index in [1.54, 1.807) is 50.2 Å². The maximum Gasteiger partial charge on any atom is 0.324 e. The maximum absolute atomic E-state index is 12.5. The number of ether oxygens (including phenoxy) is 1. The van der Waals surface area contributed by atoms with Crippen LogP contribution in [0.15, 0.2) is 57.9 Å². The van der Waals surface area contributed by atoms with Crippen LogP contribution in [0.25, 0.3) is 0 Å². The highest BCUT2D eigenvalue weighted by Gasteiger charge is 2.30. The molecule has 29 heavy (non-hydrogen) atoms. The van der Waals surface area contributed by atoms with E-state index >= 15 is 0 Å². The topological polar surface area (TPSA) is 102 Å². The van der Waals surface area contributed by atoms with Crippen molar-refractivity contribution < 1.29 is 22.7 Å². The van der Waals surface area contributed by atoms with Gasteiger partial charge in [-0.3, -0.25) is 9.59 Å². The van der Waals surface area contributed by atoms with Crippen molar-refractivity contribution in [3.63, 3.8) is 0 Å². The molecule has 2 aromatic rings. The molecule has 9 heteroatoms. The molecule has 0 aliphatic rings. The molecule has 0 fully saturated rings. The Kier molecular flexibility index (Phi) is 7.95. The van der Waals surface area contributed by atoms with E-state index in [0.717, 1.165) is 10.0 Å². The van der Waals surface area contributed by atoms with Crippen molar-refractivity contribution in [2.75, 3.05) is 11.9 Å². The van der Waals surface area contributed by atoms with Gasteiger partial charge in [0.2, 0.25) is 10.0 Å². The predicted molar refractivity (Wildman–Crippen MR) is 114 cm³/mol. The first kappa shape index (κ1) is 23.1. The molecule has 0 aromatic heterocycles. The average Bonchev–Trinajstić information content (AvgIpc) is 2.67. The number of amides is 1. The molecule has 0 aliphatic heterocycles. The first-order chi connectivity index (χ1) is 13.6. The highest BCUT2D eigenvalue weighted by atomic mass is 79.9. The summed E-state index contributed by atoms with van der Waals surface area (Å²) < 4.78 is 33.3. The van der Waals surface area contributed by atoms with E-state index in [4.69, 9.17) is 4.74 Å². The summed E-state index contributed by atoms with van der Waals surface area (Å²) >= 11 is 3.38. The lowest BCUT2D eigenvalue weighted by Crippen LogP contribution is -2.45. The fourth-order valence-electron chi connectivity index (χ4n) is 2.44. The molecule has 0 radical (unpaired) electrons. The first-order valence-corrected chi connectivity index (χ1v) is 11.2. The minimum absolute atomic E-state index is 0.0433. The summed E-state index contributed by atoms with van der Waals surface area (Å²) in [6.45, 7) is 4.73. The third kappa shape index (κ3) is 6.66. The van der Waals surface area contributed by atoms with Gasteiger partial charge in [-0.2, -0.15) is 4.72 Å². The Morgan fingerprint density at radius 3 is 2.34 bits per heavy atom. The molecule has 1 amide bonds. The molecule has 1 atom stereocenters. The number of benzene rings is 2. The summed E-state index contributed by atoms with van der Waals surface area (Å²) in [4.78, 5) is 24.5. The van der Waals surface area contributed by atoms with Gasteiger partial charge in [-0.25, -0.2) is 8.42 Å². The Morgan fingerprint density at radius 1 is 1.10 bits per heavy atom. The first-order valence-electron chi connectivity index (χ1n) is 8.90. The largest absolute Gasteiger partial charge is 0.454 e.